The molecule has 2 aromatic rings. The van der Waals surface area contributed by atoms with Gasteiger partial charge in [-0.05, 0) is 31.2 Å². The van der Waals surface area contributed by atoms with Gasteiger partial charge in [0.1, 0.15) is 0 Å². The van der Waals surface area contributed by atoms with Crippen molar-refractivity contribution in [2.24, 2.45) is 0 Å². The summed E-state index contributed by atoms with van der Waals surface area (Å²) in [5.41, 5.74) is 2.10. The first-order valence-corrected chi connectivity index (χ1v) is 6.79. The number of nitrogens with zero attached hydrogens (tertiary/aromatic N) is 3. The Hall–Kier alpha value is -2.01. The van der Waals surface area contributed by atoms with E-state index in [-0.39, 0.29) is 0 Å². The van der Waals surface area contributed by atoms with Gasteiger partial charge >= 0.3 is 0 Å². The van der Waals surface area contributed by atoms with E-state index in [4.69, 9.17) is 0 Å². The molecule has 0 aliphatic carbocycles. The van der Waals surface area contributed by atoms with Gasteiger partial charge in [0.2, 0.25) is 0 Å². The number of nitrogens with one attached hydrogen (secondary N) is 1. The Morgan fingerprint density at radius 2 is 1.90 bits per heavy atom. The highest BCUT2D eigenvalue weighted by Gasteiger charge is 2.18. The fourth-order valence-corrected chi connectivity index (χ4v) is 2.49. The maximum absolute atomic E-state index is 12.8. The molecule has 0 bridgehead atoms. The van der Waals surface area contributed by atoms with E-state index in [1.165, 1.54) is 18.1 Å². The van der Waals surface area contributed by atoms with Crippen LogP contribution in [0, 0.1) is 5.82 Å². The van der Waals surface area contributed by atoms with Gasteiger partial charge in [0, 0.05) is 36.9 Å². The molecule has 1 aromatic carbocycles. The van der Waals surface area contributed by atoms with Crippen molar-refractivity contribution in [3.05, 3.63) is 42.5 Å². The predicted molar refractivity (Wildman–Crippen MR) is 77.1 cm³/mol. The van der Waals surface area contributed by atoms with Gasteiger partial charge < -0.3 is 10.2 Å². The highest BCUT2D eigenvalue weighted by molar-refractivity contribution is 5.60. The Labute approximate surface area is 117 Å². The van der Waals surface area contributed by atoms with Crippen LogP contribution in [0.2, 0.25) is 0 Å². The van der Waals surface area contributed by atoms with E-state index in [0.29, 0.717) is 11.9 Å². The fraction of sp³-hybridized carbons (Fsp3) is 0.333. The highest BCUT2D eigenvalue weighted by atomic mass is 19.1. The summed E-state index contributed by atoms with van der Waals surface area (Å²) in [7, 11) is 0. The van der Waals surface area contributed by atoms with Crippen LogP contribution in [0.5, 0.6) is 0 Å². The lowest BCUT2D eigenvalue weighted by molar-refractivity contribution is 0.501. The van der Waals surface area contributed by atoms with Crippen molar-refractivity contribution in [1.82, 2.24) is 15.3 Å². The Morgan fingerprint density at radius 1 is 1.20 bits per heavy atom. The van der Waals surface area contributed by atoms with Crippen LogP contribution in [-0.4, -0.2) is 35.6 Å². The molecule has 0 spiro atoms. The van der Waals surface area contributed by atoms with Crippen molar-refractivity contribution in [2.45, 2.75) is 13.0 Å². The average Bonchev–Trinajstić information content (AvgIpc) is 2.49. The van der Waals surface area contributed by atoms with Crippen LogP contribution in [0.4, 0.5) is 10.1 Å². The summed E-state index contributed by atoms with van der Waals surface area (Å²) in [4.78, 5) is 10.4. The zero-order valence-electron chi connectivity index (χ0n) is 11.4. The average molecular weight is 272 g/mol. The Bertz CT molecular complexity index is 567. The number of hydrogen-bond donors (Lipinski definition) is 1. The van der Waals surface area contributed by atoms with E-state index in [1.807, 2.05) is 12.1 Å². The van der Waals surface area contributed by atoms with Gasteiger partial charge in [0.05, 0.1) is 12.4 Å². The molecule has 1 saturated heterocycles. The van der Waals surface area contributed by atoms with E-state index in [0.717, 1.165) is 25.2 Å². The van der Waals surface area contributed by atoms with Crippen molar-refractivity contribution in [3.8, 4) is 11.4 Å². The van der Waals surface area contributed by atoms with Crippen LogP contribution in [0.15, 0.2) is 36.7 Å². The van der Waals surface area contributed by atoms with E-state index in [1.54, 1.807) is 0 Å². The van der Waals surface area contributed by atoms with Crippen LogP contribution in [0.3, 0.4) is 0 Å². The Kier molecular flexibility index (Phi) is 3.60. The summed E-state index contributed by atoms with van der Waals surface area (Å²) in [6.45, 7) is 5.23. The summed E-state index contributed by atoms with van der Waals surface area (Å²) >= 11 is 0. The molecule has 1 aliphatic heterocycles. The van der Waals surface area contributed by atoms with Crippen LogP contribution in [0.25, 0.3) is 11.4 Å². The molecule has 2 heterocycles. The normalized spacial score (nSPS) is 19.1. The van der Waals surface area contributed by atoms with E-state index in [9.17, 15) is 4.39 Å². The molecule has 1 atom stereocenters. The summed E-state index contributed by atoms with van der Waals surface area (Å²) in [6.07, 6.45) is 2.38. The first-order valence-electron chi connectivity index (χ1n) is 6.79. The van der Waals surface area contributed by atoms with Crippen molar-refractivity contribution >= 4 is 5.69 Å². The number of rotatable bonds is 2. The molecular formula is C15H17FN4. The molecule has 0 saturated carbocycles. The summed E-state index contributed by atoms with van der Waals surface area (Å²) < 4.78 is 12.8. The number of benzene rings is 1. The number of anilines is 1. The van der Waals surface area contributed by atoms with Crippen LogP contribution in [-0.2, 0) is 0 Å². The number of piperazine rings is 1. The Morgan fingerprint density at radius 3 is 2.55 bits per heavy atom. The third kappa shape index (κ3) is 2.63. The summed E-state index contributed by atoms with van der Waals surface area (Å²) in [5.74, 6) is 0.131. The van der Waals surface area contributed by atoms with Crippen molar-refractivity contribution in [3.63, 3.8) is 0 Å². The molecule has 20 heavy (non-hydrogen) atoms. The van der Waals surface area contributed by atoms with Gasteiger partial charge in [-0.2, -0.15) is 0 Å². The molecule has 4 nitrogen and oxygen atoms in total. The van der Waals surface area contributed by atoms with Gasteiger partial charge in [0.15, 0.2) is 11.6 Å². The SMILES string of the molecule is C[C@H]1CNCCN1c1ccc(-c2ncc(F)cn2)cc1. The minimum Gasteiger partial charge on any atom is -0.366 e. The van der Waals surface area contributed by atoms with Gasteiger partial charge in [0.25, 0.3) is 0 Å². The summed E-state index contributed by atoms with van der Waals surface area (Å²) in [6, 6.07) is 8.60. The number of aromatic nitrogens is 2. The second-order valence-corrected chi connectivity index (χ2v) is 5.02. The third-order valence-electron chi connectivity index (χ3n) is 3.58. The number of hydrogen-bond acceptors (Lipinski definition) is 4. The van der Waals surface area contributed by atoms with Crippen LogP contribution >= 0.6 is 0 Å². The smallest absolute Gasteiger partial charge is 0.159 e. The lowest BCUT2D eigenvalue weighted by Gasteiger charge is -2.36. The first kappa shape index (κ1) is 13.0. The molecule has 1 fully saturated rings. The molecule has 1 aromatic heterocycles. The maximum Gasteiger partial charge on any atom is 0.159 e. The molecule has 0 amide bonds. The van der Waals surface area contributed by atoms with E-state index < -0.39 is 5.82 Å². The van der Waals surface area contributed by atoms with Gasteiger partial charge in [-0.15, -0.1) is 0 Å². The molecule has 1 N–H and O–H groups in total. The van der Waals surface area contributed by atoms with E-state index in [2.05, 4.69) is 39.2 Å². The topological polar surface area (TPSA) is 41.0 Å². The third-order valence-corrected chi connectivity index (χ3v) is 3.58. The Balaban J connectivity index is 1.82. The molecule has 1 aliphatic rings. The highest BCUT2D eigenvalue weighted by Crippen LogP contribution is 2.22. The largest absolute Gasteiger partial charge is 0.366 e. The molecule has 0 unspecified atom stereocenters. The molecule has 5 heteroatoms. The van der Waals surface area contributed by atoms with Gasteiger partial charge in [-0.25, -0.2) is 14.4 Å². The standard InChI is InChI=1S/C15H17FN4/c1-11-8-17-6-7-20(11)14-4-2-12(3-5-14)15-18-9-13(16)10-19-15/h2-5,9-11,17H,6-8H2,1H3/t11-/m0/s1. The fourth-order valence-electron chi connectivity index (χ4n) is 2.49. The zero-order valence-corrected chi connectivity index (χ0v) is 11.4. The van der Waals surface area contributed by atoms with Crippen LogP contribution < -0.4 is 10.2 Å². The monoisotopic (exact) mass is 272 g/mol. The summed E-state index contributed by atoms with van der Waals surface area (Å²) in [5, 5.41) is 3.38. The predicted octanol–water partition coefficient (Wildman–Crippen LogP) is 2.08. The lowest BCUT2D eigenvalue weighted by Crippen LogP contribution is -2.49. The maximum atomic E-state index is 12.8. The molecule has 0 radical (unpaired) electrons. The van der Waals surface area contributed by atoms with Gasteiger partial charge in [-0.1, -0.05) is 0 Å². The zero-order chi connectivity index (χ0) is 13.9. The first-order chi connectivity index (χ1) is 9.74. The molecular weight excluding hydrogens is 255 g/mol. The molecule has 104 valence electrons. The molecule has 3 rings (SSSR count). The lowest BCUT2D eigenvalue weighted by atomic mass is 10.1. The van der Waals surface area contributed by atoms with Crippen molar-refractivity contribution < 1.29 is 4.39 Å². The van der Waals surface area contributed by atoms with Crippen molar-refractivity contribution in [1.29, 1.82) is 0 Å². The van der Waals surface area contributed by atoms with Crippen molar-refractivity contribution in [2.75, 3.05) is 24.5 Å². The second-order valence-electron chi connectivity index (χ2n) is 5.02. The number of halogens is 1. The van der Waals surface area contributed by atoms with Crippen LogP contribution in [0.1, 0.15) is 6.92 Å². The van der Waals surface area contributed by atoms with E-state index >= 15 is 0 Å². The minimum absolute atomic E-state index is 0.417. The quantitative estimate of drug-likeness (QED) is 0.909. The van der Waals surface area contributed by atoms with Gasteiger partial charge in [-0.3, -0.25) is 0 Å². The second kappa shape index (κ2) is 5.54. The minimum atomic E-state index is -0.417.